The van der Waals surface area contributed by atoms with Crippen LogP contribution >= 0.6 is 11.9 Å². The van der Waals surface area contributed by atoms with Crippen molar-refractivity contribution in [3.63, 3.8) is 0 Å². The second kappa shape index (κ2) is 6.89. The lowest BCUT2D eigenvalue weighted by molar-refractivity contribution is 0.598. The van der Waals surface area contributed by atoms with E-state index < -0.39 is 10.0 Å². The summed E-state index contributed by atoms with van der Waals surface area (Å²) in [6.45, 7) is 0. The van der Waals surface area contributed by atoms with Crippen molar-refractivity contribution < 1.29 is 8.42 Å². The highest BCUT2D eigenvalue weighted by atomic mass is 32.3. The number of hydrogen-bond donors (Lipinski definition) is 0. The highest BCUT2D eigenvalue weighted by Gasteiger charge is 2.26. The number of rotatable bonds is 5. The zero-order valence-electron chi connectivity index (χ0n) is 12.2. The molecule has 5 heteroatoms. The van der Waals surface area contributed by atoms with E-state index in [0.29, 0.717) is 5.69 Å². The van der Waals surface area contributed by atoms with E-state index >= 15 is 0 Å². The van der Waals surface area contributed by atoms with E-state index in [1.54, 1.807) is 42.5 Å². The summed E-state index contributed by atoms with van der Waals surface area (Å²) in [6, 6.07) is 27.0. The topological polar surface area (TPSA) is 37.4 Å². The van der Waals surface area contributed by atoms with Crippen molar-refractivity contribution in [2.45, 2.75) is 9.79 Å². The van der Waals surface area contributed by atoms with Crippen LogP contribution in [0.3, 0.4) is 0 Å². The van der Waals surface area contributed by atoms with Crippen molar-refractivity contribution in [2.75, 3.05) is 3.71 Å². The van der Waals surface area contributed by atoms with Crippen molar-refractivity contribution in [1.29, 1.82) is 0 Å². The van der Waals surface area contributed by atoms with Gasteiger partial charge in [-0.1, -0.05) is 54.6 Å². The van der Waals surface area contributed by atoms with E-state index in [-0.39, 0.29) is 4.90 Å². The maximum absolute atomic E-state index is 13.0. The standard InChI is InChI=1S/C18H15NO2S2/c20-23(21,18-14-8-3-9-15-18)19(16-10-4-1-5-11-16)22-17-12-6-2-7-13-17/h1-15H. The van der Waals surface area contributed by atoms with Crippen LogP contribution in [0.2, 0.25) is 0 Å². The maximum Gasteiger partial charge on any atom is 0.274 e. The molecule has 3 aromatic rings. The Kier molecular flexibility index (Phi) is 4.69. The van der Waals surface area contributed by atoms with Gasteiger partial charge in [-0.2, -0.15) is 0 Å². The van der Waals surface area contributed by atoms with Gasteiger partial charge in [0.2, 0.25) is 0 Å². The zero-order valence-corrected chi connectivity index (χ0v) is 13.9. The fourth-order valence-electron chi connectivity index (χ4n) is 2.06. The molecular formula is C18H15NO2S2. The van der Waals surface area contributed by atoms with Crippen LogP contribution in [0.25, 0.3) is 0 Å². The molecule has 3 nitrogen and oxygen atoms in total. The maximum atomic E-state index is 13.0. The molecule has 0 unspecified atom stereocenters. The Morgan fingerprint density at radius 1 is 0.652 bits per heavy atom. The lowest BCUT2D eigenvalue weighted by Gasteiger charge is -2.23. The average molecular weight is 341 g/mol. The van der Waals surface area contributed by atoms with E-state index in [2.05, 4.69) is 0 Å². The van der Waals surface area contributed by atoms with Gasteiger partial charge in [0.1, 0.15) is 0 Å². The molecule has 0 aromatic heterocycles. The van der Waals surface area contributed by atoms with Gasteiger partial charge < -0.3 is 0 Å². The van der Waals surface area contributed by atoms with E-state index in [1.165, 1.54) is 15.7 Å². The monoisotopic (exact) mass is 341 g/mol. The number of hydrogen-bond acceptors (Lipinski definition) is 3. The van der Waals surface area contributed by atoms with Gasteiger partial charge in [0.25, 0.3) is 10.0 Å². The third-order valence-corrected chi connectivity index (χ3v) is 6.35. The lowest BCUT2D eigenvalue weighted by Crippen LogP contribution is -2.24. The third-order valence-electron chi connectivity index (χ3n) is 3.16. The van der Waals surface area contributed by atoms with Gasteiger partial charge in [0, 0.05) is 16.8 Å². The first-order chi connectivity index (χ1) is 11.2. The predicted molar refractivity (Wildman–Crippen MR) is 94.8 cm³/mol. The van der Waals surface area contributed by atoms with E-state index in [4.69, 9.17) is 0 Å². The molecule has 0 heterocycles. The van der Waals surface area contributed by atoms with Crippen molar-refractivity contribution >= 4 is 27.7 Å². The Hall–Kier alpha value is -2.24. The largest absolute Gasteiger partial charge is 0.274 e. The summed E-state index contributed by atoms with van der Waals surface area (Å²) < 4.78 is 27.4. The summed E-state index contributed by atoms with van der Waals surface area (Å²) in [4.78, 5) is 1.13. The van der Waals surface area contributed by atoms with Gasteiger partial charge in [-0.15, -0.1) is 0 Å². The first-order valence-electron chi connectivity index (χ1n) is 7.06. The SMILES string of the molecule is O=S(=O)(c1ccccc1)N(Sc1ccccc1)c1ccccc1. The number of nitrogens with zero attached hydrogens (tertiary/aromatic N) is 1. The van der Waals surface area contributed by atoms with Gasteiger partial charge in [-0.05, 0) is 36.4 Å². The fraction of sp³-hybridized carbons (Fsp3) is 0. The Morgan fingerprint density at radius 2 is 1.13 bits per heavy atom. The average Bonchev–Trinajstić information content (AvgIpc) is 2.62. The van der Waals surface area contributed by atoms with Crippen molar-refractivity contribution in [2.24, 2.45) is 0 Å². The summed E-state index contributed by atoms with van der Waals surface area (Å²) in [5.41, 5.74) is 0.616. The molecular weight excluding hydrogens is 326 g/mol. The summed E-state index contributed by atoms with van der Waals surface area (Å²) in [7, 11) is -3.66. The summed E-state index contributed by atoms with van der Waals surface area (Å²) in [6.07, 6.45) is 0. The molecule has 0 amide bonds. The minimum absolute atomic E-state index is 0.271. The van der Waals surface area contributed by atoms with Gasteiger partial charge in [-0.25, -0.2) is 12.1 Å². The first-order valence-corrected chi connectivity index (χ1v) is 9.28. The van der Waals surface area contributed by atoms with Gasteiger partial charge in [0.05, 0.1) is 10.6 Å². The molecule has 116 valence electrons. The van der Waals surface area contributed by atoms with Gasteiger partial charge in [0.15, 0.2) is 0 Å². The minimum atomic E-state index is -3.66. The Balaban J connectivity index is 2.05. The van der Waals surface area contributed by atoms with Crippen LogP contribution < -0.4 is 3.71 Å². The fourth-order valence-corrected chi connectivity index (χ4v) is 4.75. The summed E-state index contributed by atoms with van der Waals surface area (Å²) in [5, 5.41) is 0. The Labute approximate surface area is 140 Å². The number of para-hydroxylation sites is 1. The van der Waals surface area contributed by atoms with E-state index in [0.717, 1.165) is 4.90 Å². The van der Waals surface area contributed by atoms with Crippen LogP contribution in [0.4, 0.5) is 5.69 Å². The molecule has 0 radical (unpaired) electrons. The van der Waals surface area contributed by atoms with Gasteiger partial charge in [-0.3, -0.25) is 0 Å². The second-order valence-electron chi connectivity index (χ2n) is 4.79. The van der Waals surface area contributed by atoms with E-state index in [9.17, 15) is 8.42 Å². The lowest BCUT2D eigenvalue weighted by atomic mass is 10.3. The van der Waals surface area contributed by atoms with Crippen LogP contribution in [-0.2, 0) is 10.0 Å². The molecule has 0 spiro atoms. The quantitative estimate of drug-likeness (QED) is 0.637. The van der Waals surface area contributed by atoms with Gasteiger partial charge >= 0.3 is 0 Å². The summed E-state index contributed by atoms with van der Waals surface area (Å²) in [5.74, 6) is 0. The molecule has 0 saturated heterocycles. The first kappa shape index (κ1) is 15.6. The number of benzene rings is 3. The molecule has 23 heavy (non-hydrogen) atoms. The van der Waals surface area contributed by atoms with E-state index in [1.807, 2.05) is 48.5 Å². The molecule has 0 aliphatic carbocycles. The van der Waals surface area contributed by atoms with Crippen molar-refractivity contribution in [3.8, 4) is 0 Å². The highest BCUT2D eigenvalue weighted by molar-refractivity contribution is 8.14. The number of sulfonamides is 1. The Morgan fingerprint density at radius 3 is 1.70 bits per heavy atom. The van der Waals surface area contributed by atoms with Crippen LogP contribution in [0.1, 0.15) is 0 Å². The smallest absolute Gasteiger partial charge is 0.203 e. The minimum Gasteiger partial charge on any atom is -0.203 e. The van der Waals surface area contributed by atoms with Crippen LogP contribution in [-0.4, -0.2) is 8.42 Å². The summed E-state index contributed by atoms with van der Waals surface area (Å²) >= 11 is 1.19. The molecule has 3 aromatic carbocycles. The van der Waals surface area contributed by atoms with Crippen LogP contribution in [0, 0.1) is 0 Å². The van der Waals surface area contributed by atoms with Crippen LogP contribution in [0.15, 0.2) is 101 Å². The molecule has 0 bridgehead atoms. The normalized spacial score (nSPS) is 11.1. The molecule has 3 rings (SSSR count). The molecule has 0 N–H and O–H groups in total. The third kappa shape index (κ3) is 3.57. The molecule has 0 saturated carbocycles. The van der Waals surface area contributed by atoms with Crippen LogP contribution in [0.5, 0.6) is 0 Å². The second-order valence-corrected chi connectivity index (χ2v) is 7.82. The molecule has 0 fully saturated rings. The van der Waals surface area contributed by atoms with Crippen molar-refractivity contribution in [1.82, 2.24) is 0 Å². The highest BCUT2D eigenvalue weighted by Crippen LogP contribution is 2.34. The zero-order chi connectivity index (χ0) is 16.1. The molecule has 0 atom stereocenters. The number of anilines is 1. The Bertz CT molecular complexity index is 851. The predicted octanol–water partition coefficient (Wildman–Crippen LogP) is 4.59. The molecule has 0 aliphatic rings. The molecule has 0 aliphatic heterocycles. The van der Waals surface area contributed by atoms with Crippen molar-refractivity contribution in [3.05, 3.63) is 91.0 Å².